The van der Waals surface area contributed by atoms with Crippen molar-refractivity contribution in [3.05, 3.63) is 35.6 Å². The number of carbonyl (C=O) groups is 2. The van der Waals surface area contributed by atoms with E-state index in [1.165, 1.54) is 43.5 Å². The number of amides is 1. The van der Waals surface area contributed by atoms with E-state index in [0.717, 1.165) is 19.3 Å². The number of hydrogen-bond acceptors (Lipinski definition) is 3. The third-order valence-electron chi connectivity index (χ3n) is 6.47. The number of benzene rings is 1. The van der Waals surface area contributed by atoms with E-state index in [1.54, 1.807) is 0 Å². The minimum absolute atomic E-state index is 0.0258. The molecule has 0 aromatic heterocycles. The van der Waals surface area contributed by atoms with Gasteiger partial charge in [-0.05, 0) is 74.0 Å². The van der Waals surface area contributed by atoms with Crippen molar-refractivity contribution in [2.24, 2.45) is 23.2 Å². The first kappa shape index (κ1) is 16.6. The average molecular weight is 344 g/mol. The summed E-state index contributed by atoms with van der Waals surface area (Å²) < 4.78 is 13.2. The van der Waals surface area contributed by atoms with Crippen molar-refractivity contribution >= 4 is 11.9 Å². The van der Waals surface area contributed by atoms with Gasteiger partial charge in [0.1, 0.15) is 5.82 Å². The van der Waals surface area contributed by atoms with Crippen molar-refractivity contribution in [3.63, 3.8) is 0 Å². The summed E-state index contributed by atoms with van der Waals surface area (Å²) in [5.41, 5.74) is 0.266. The molecule has 1 aromatic rings. The Morgan fingerprint density at radius 2 is 1.60 bits per heavy atom. The lowest BCUT2D eigenvalue weighted by molar-refractivity contribution is -0.306. The number of carboxylic acid groups (broad SMARTS) is 1. The summed E-state index contributed by atoms with van der Waals surface area (Å²) in [7, 11) is 0. The van der Waals surface area contributed by atoms with E-state index in [-0.39, 0.29) is 23.6 Å². The van der Waals surface area contributed by atoms with Crippen LogP contribution < -0.4 is 10.4 Å². The first-order chi connectivity index (χ1) is 11.9. The summed E-state index contributed by atoms with van der Waals surface area (Å²) in [6.07, 6.45) is 6.20. The van der Waals surface area contributed by atoms with E-state index in [4.69, 9.17) is 0 Å². The molecule has 0 spiro atoms. The van der Waals surface area contributed by atoms with Crippen LogP contribution in [-0.4, -0.2) is 11.9 Å². The molecule has 134 valence electrons. The van der Waals surface area contributed by atoms with Crippen molar-refractivity contribution in [3.8, 4) is 0 Å². The van der Waals surface area contributed by atoms with E-state index in [1.807, 2.05) is 0 Å². The smallest absolute Gasteiger partial charge is 0.226 e. The zero-order valence-electron chi connectivity index (χ0n) is 14.2. The lowest BCUT2D eigenvalue weighted by Gasteiger charge is -2.55. The zero-order chi connectivity index (χ0) is 17.6. The quantitative estimate of drug-likeness (QED) is 0.891. The van der Waals surface area contributed by atoms with Gasteiger partial charge in [-0.2, -0.15) is 0 Å². The molecular weight excluding hydrogens is 321 g/mol. The number of rotatable bonds is 5. The molecule has 0 unspecified atom stereocenters. The molecule has 4 aliphatic rings. The molecule has 5 heteroatoms. The van der Waals surface area contributed by atoms with Crippen molar-refractivity contribution in [1.82, 2.24) is 5.32 Å². The SMILES string of the molecule is O=C([O-])C[C@@H](NC(=O)C12CC3CC(CC(C3)C1)C2)c1ccc(F)cc1. The minimum atomic E-state index is -1.22. The second-order valence-electron chi connectivity index (χ2n) is 8.35. The molecule has 4 bridgehead atoms. The maximum absolute atomic E-state index is 13.2. The maximum atomic E-state index is 13.2. The van der Waals surface area contributed by atoms with Crippen LogP contribution in [0.4, 0.5) is 4.39 Å². The Balaban J connectivity index is 1.54. The molecule has 4 nitrogen and oxygen atoms in total. The Kier molecular flexibility index (Phi) is 4.05. The Bertz CT molecular complexity index is 649. The summed E-state index contributed by atoms with van der Waals surface area (Å²) >= 11 is 0. The van der Waals surface area contributed by atoms with E-state index in [2.05, 4.69) is 5.32 Å². The second kappa shape index (κ2) is 6.11. The van der Waals surface area contributed by atoms with Crippen LogP contribution in [0.3, 0.4) is 0 Å². The Labute approximate surface area is 146 Å². The maximum Gasteiger partial charge on any atom is 0.226 e. The highest BCUT2D eigenvalue weighted by Crippen LogP contribution is 2.60. The molecule has 1 amide bonds. The number of carbonyl (C=O) groups excluding carboxylic acids is 2. The molecule has 1 aromatic carbocycles. The van der Waals surface area contributed by atoms with Crippen LogP contribution >= 0.6 is 0 Å². The minimum Gasteiger partial charge on any atom is -0.550 e. The monoisotopic (exact) mass is 344 g/mol. The molecule has 4 aliphatic carbocycles. The lowest BCUT2D eigenvalue weighted by Crippen LogP contribution is -2.54. The number of nitrogens with one attached hydrogen (secondary N) is 1. The fourth-order valence-corrected chi connectivity index (χ4v) is 5.81. The standard InChI is InChI=1S/C20H24FNO3/c21-16-3-1-15(2-4-16)17(8-18(23)24)22-19(25)20-9-12-5-13(10-20)7-14(6-12)11-20/h1-4,12-14,17H,5-11H2,(H,22,25)(H,23,24)/p-1/t12?,13?,14?,17-,20?/m1/s1. The van der Waals surface area contributed by atoms with E-state index in [9.17, 15) is 19.1 Å². The fourth-order valence-electron chi connectivity index (χ4n) is 5.81. The average Bonchev–Trinajstić information content (AvgIpc) is 2.53. The molecular formula is C20H23FNO3-. The van der Waals surface area contributed by atoms with E-state index >= 15 is 0 Å². The van der Waals surface area contributed by atoms with Crippen LogP contribution in [0.25, 0.3) is 0 Å². The molecule has 5 rings (SSSR count). The van der Waals surface area contributed by atoms with Crippen LogP contribution in [0.2, 0.25) is 0 Å². The summed E-state index contributed by atoms with van der Waals surface area (Å²) in [5.74, 6) is 0.290. The molecule has 4 saturated carbocycles. The Morgan fingerprint density at radius 3 is 2.08 bits per heavy atom. The van der Waals surface area contributed by atoms with Crippen LogP contribution in [0.1, 0.15) is 56.6 Å². The van der Waals surface area contributed by atoms with Gasteiger partial charge in [-0.25, -0.2) is 4.39 Å². The van der Waals surface area contributed by atoms with Crippen LogP contribution in [0.15, 0.2) is 24.3 Å². The molecule has 1 N–H and O–H groups in total. The van der Waals surface area contributed by atoms with Crippen LogP contribution in [0.5, 0.6) is 0 Å². The number of halogens is 1. The molecule has 0 radical (unpaired) electrons. The highest BCUT2D eigenvalue weighted by Gasteiger charge is 2.54. The lowest BCUT2D eigenvalue weighted by atomic mass is 9.49. The van der Waals surface area contributed by atoms with Crippen LogP contribution in [-0.2, 0) is 9.59 Å². The highest BCUT2D eigenvalue weighted by atomic mass is 19.1. The van der Waals surface area contributed by atoms with Gasteiger partial charge in [0.2, 0.25) is 5.91 Å². The first-order valence-corrected chi connectivity index (χ1v) is 9.20. The third-order valence-corrected chi connectivity index (χ3v) is 6.47. The summed E-state index contributed by atoms with van der Waals surface area (Å²) in [6.45, 7) is 0. The van der Waals surface area contributed by atoms with Gasteiger partial charge in [0, 0.05) is 17.8 Å². The highest BCUT2D eigenvalue weighted by molar-refractivity contribution is 5.84. The number of carboxylic acids is 1. The molecule has 1 atom stereocenters. The Hall–Kier alpha value is -1.91. The van der Waals surface area contributed by atoms with Gasteiger partial charge in [-0.3, -0.25) is 4.79 Å². The van der Waals surface area contributed by atoms with Gasteiger partial charge in [0.05, 0.1) is 6.04 Å². The van der Waals surface area contributed by atoms with Crippen molar-refractivity contribution in [2.45, 2.75) is 51.0 Å². The van der Waals surface area contributed by atoms with Gasteiger partial charge in [-0.1, -0.05) is 12.1 Å². The molecule has 0 aliphatic heterocycles. The van der Waals surface area contributed by atoms with Gasteiger partial charge in [0.15, 0.2) is 0 Å². The topological polar surface area (TPSA) is 69.2 Å². The molecule has 0 saturated heterocycles. The van der Waals surface area contributed by atoms with Crippen molar-refractivity contribution in [2.75, 3.05) is 0 Å². The summed E-state index contributed by atoms with van der Waals surface area (Å²) in [5, 5.41) is 14.1. The number of aliphatic carboxylic acids is 1. The molecule has 0 heterocycles. The normalized spacial score (nSPS) is 33.9. The van der Waals surface area contributed by atoms with Gasteiger partial charge in [-0.15, -0.1) is 0 Å². The predicted molar refractivity (Wildman–Crippen MR) is 87.5 cm³/mol. The van der Waals surface area contributed by atoms with Crippen molar-refractivity contribution < 1.29 is 19.1 Å². The van der Waals surface area contributed by atoms with Crippen LogP contribution in [0, 0.1) is 29.0 Å². The van der Waals surface area contributed by atoms with E-state index < -0.39 is 12.0 Å². The Morgan fingerprint density at radius 1 is 1.08 bits per heavy atom. The summed E-state index contributed by atoms with van der Waals surface area (Å²) in [4.78, 5) is 24.3. The molecule has 4 fully saturated rings. The van der Waals surface area contributed by atoms with E-state index in [0.29, 0.717) is 23.3 Å². The largest absolute Gasteiger partial charge is 0.550 e. The fraction of sp³-hybridized carbons (Fsp3) is 0.600. The van der Waals surface area contributed by atoms with Gasteiger partial charge < -0.3 is 15.2 Å². The summed E-state index contributed by atoms with van der Waals surface area (Å²) in [6, 6.07) is 4.96. The number of hydrogen-bond donors (Lipinski definition) is 1. The molecule has 25 heavy (non-hydrogen) atoms. The van der Waals surface area contributed by atoms with Gasteiger partial charge in [0.25, 0.3) is 0 Å². The first-order valence-electron chi connectivity index (χ1n) is 9.20. The zero-order valence-corrected chi connectivity index (χ0v) is 14.2. The van der Waals surface area contributed by atoms with Gasteiger partial charge >= 0.3 is 0 Å². The van der Waals surface area contributed by atoms with Crippen molar-refractivity contribution in [1.29, 1.82) is 0 Å². The predicted octanol–water partition coefficient (Wildman–Crippen LogP) is 2.34. The third kappa shape index (κ3) is 3.16. The second-order valence-corrected chi connectivity index (χ2v) is 8.35.